The fourth-order valence-corrected chi connectivity index (χ4v) is 4.17. The van der Waals surface area contributed by atoms with Crippen LogP contribution < -0.4 is 5.32 Å². The van der Waals surface area contributed by atoms with E-state index in [0.717, 1.165) is 34.2 Å². The van der Waals surface area contributed by atoms with Crippen LogP contribution >= 0.6 is 23.1 Å². The summed E-state index contributed by atoms with van der Waals surface area (Å²) in [5.74, 6) is 0.863. The highest BCUT2D eigenvalue weighted by atomic mass is 32.2. The van der Waals surface area contributed by atoms with E-state index in [2.05, 4.69) is 17.2 Å². The predicted octanol–water partition coefficient (Wildman–Crippen LogP) is 3.92. The van der Waals surface area contributed by atoms with E-state index in [1.807, 2.05) is 12.3 Å². The zero-order valence-corrected chi connectivity index (χ0v) is 12.3. The molecule has 0 saturated carbocycles. The number of rotatable bonds is 3. The minimum absolute atomic E-state index is 0.0981. The lowest BCUT2D eigenvalue weighted by Crippen LogP contribution is -2.24. The SMILES string of the molecule is Cc1cnc(CNC2CCSc3c(F)cccc32)s1. The number of hydrogen-bond acceptors (Lipinski definition) is 4. The highest BCUT2D eigenvalue weighted by Crippen LogP contribution is 2.37. The van der Waals surface area contributed by atoms with Crippen molar-refractivity contribution in [1.82, 2.24) is 10.3 Å². The Balaban J connectivity index is 1.75. The number of thioether (sulfide) groups is 1. The molecule has 0 radical (unpaired) electrons. The van der Waals surface area contributed by atoms with E-state index in [-0.39, 0.29) is 11.9 Å². The molecule has 2 heterocycles. The zero-order chi connectivity index (χ0) is 13.2. The van der Waals surface area contributed by atoms with Crippen molar-refractivity contribution in [2.75, 3.05) is 5.75 Å². The Morgan fingerprint density at radius 2 is 2.37 bits per heavy atom. The van der Waals surface area contributed by atoms with Crippen LogP contribution in [0, 0.1) is 12.7 Å². The molecule has 1 aliphatic heterocycles. The minimum atomic E-state index is -0.0981. The van der Waals surface area contributed by atoms with Crippen LogP contribution in [0.1, 0.15) is 27.9 Å². The lowest BCUT2D eigenvalue weighted by atomic mass is 10.0. The van der Waals surface area contributed by atoms with Crippen molar-refractivity contribution >= 4 is 23.1 Å². The van der Waals surface area contributed by atoms with Gasteiger partial charge in [0.1, 0.15) is 10.8 Å². The van der Waals surface area contributed by atoms with Gasteiger partial charge in [-0.05, 0) is 30.7 Å². The first-order valence-corrected chi connectivity index (χ1v) is 8.10. The second-order valence-corrected chi connectivity index (χ2v) is 7.02. The molecule has 3 rings (SSSR count). The molecule has 1 atom stereocenters. The summed E-state index contributed by atoms with van der Waals surface area (Å²) in [6.45, 7) is 2.81. The first-order chi connectivity index (χ1) is 9.24. The first kappa shape index (κ1) is 13.1. The van der Waals surface area contributed by atoms with E-state index < -0.39 is 0 Å². The number of halogens is 1. The van der Waals surface area contributed by atoms with Crippen LogP contribution in [0.5, 0.6) is 0 Å². The Kier molecular flexibility index (Phi) is 3.86. The number of thiazole rings is 1. The number of hydrogen-bond donors (Lipinski definition) is 1. The van der Waals surface area contributed by atoms with Crippen LogP contribution in [0.2, 0.25) is 0 Å². The molecule has 2 nitrogen and oxygen atoms in total. The van der Waals surface area contributed by atoms with Gasteiger partial charge in [0, 0.05) is 28.6 Å². The molecule has 0 bridgehead atoms. The van der Waals surface area contributed by atoms with Crippen LogP contribution in [0.3, 0.4) is 0 Å². The van der Waals surface area contributed by atoms with Crippen molar-refractivity contribution in [2.24, 2.45) is 0 Å². The van der Waals surface area contributed by atoms with Crippen molar-refractivity contribution in [3.05, 3.63) is 45.7 Å². The van der Waals surface area contributed by atoms with Gasteiger partial charge in [0.15, 0.2) is 0 Å². The van der Waals surface area contributed by atoms with Crippen molar-refractivity contribution in [3.8, 4) is 0 Å². The topological polar surface area (TPSA) is 24.9 Å². The number of fused-ring (bicyclic) bond motifs is 1. The molecule has 1 aromatic heterocycles. The highest BCUT2D eigenvalue weighted by molar-refractivity contribution is 7.99. The van der Waals surface area contributed by atoms with E-state index >= 15 is 0 Å². The normalized spacial score (nSPS) is 18.3. The lowest BCUT2D eigenvalue weighted by molar-refractivity contribution is 0.496. The van der Waals surface area contributed by atoms with Gasteiger partial charge in [0.25, 0.3) is 0 Å². The summed E-state index contributed by atoms with van der Waals surface area (Å²) < 4.78 is 13.8. The Morgan fingerprint density at radius 1 is 1.47 bits per heavy atom. The number of aryl methyl sites for hydroxylation is 1. The quantitative estimate of drug-likeness (QED) is 0.929. The third-order valence-corrected chi connectivity index (χ3v) is 5.27. The monoisotopic (exact) mass is 294 g/mol. The van der Waals surface area contributed by atoms with E-state index in [1.54, 1.807) is 35.2 Å². The van der Waals surface area contributed by atoms with Crippen LogP contribution in [0.25, 0.3) is 0 Å². The van der Waals surface area contributed by atoms with Crippen molar-refractivity contribution in [2.45, 2.75) is 30.8 Å². The van der Waals surface area contributed by atoms with Crippen LogP contribution in [-0.2, 0) is 6.54 Å². The average Bonchev–Trinajstić information content (AvgIpc) is 2.83. The Bertz CT molecular complexity index is 583. The second kappa shape index (κ2) is 5.61. The fourth-order valence-electron chi connectivity index (χ4n) is 2.29. The molecule has 1 unspecified atom stereocenters. The number of nitrogens with zero attached hydrogens (tertiary/aromatic N) is 1. The van der Waals surface area contributed by atoms with Gasteiger partial charge < -0.3 is 5.32 Å². The third-order valence-electron chi connectivity index (χ3n) is 3.19. The Hall–Kier alpha value is -0.910. The largest absolute Gasteiger partial charge is 0.303 e. The standard InChI is InChI=1S/C14H15FN2S2/c1-9-7-17-13(19-9)8-16-12-5-6-18-14-10(12)3-2-4-11(14)15/h2-4,7,12,16H,5-6,8H2,1H3. The van der Waals surface area contributed by atoms with Crippen molar-refractivity contribution in [1.29, 1.82) is 0 Å². The molecule has 2 aromatic rings. The summed E-state index contributed by atoms with van der Waals surface area (Å²) in [4.78, 5) is 6.38. The van der Waals surface area contributed by atoms with Gasteiger partial charge in [0.05, 0.1) is 0 Å². The number of nitrogens with one attached hydrogen (secondary N) is 1. The van der Waals surface area contributed by atoms with Gasteiger partial charge in [0.2, 0.25) is 0 Å². The smallest absolute Gasteiger partial charge is 0.137 e. The molecule has 19 heavy (non-hydrogen) atoms. The van der Waals surface area contributed by atoms with Crippen molar-refractivity contribution < 1.29 is 4.39 Å². The molecular formula is C14H15FN2S2. The van der Waals surface area contributed by atoms with E-state index in [0.29, 0.717) is 0 Å². The summed E-state index contributed by atoms with van der Waals surface area (Å²) >= 11 is 3.32. The molecule has 100 valence electrons. The predicted molar refractivity (Wildman–Crippen MR) is 78.2 cm³/mol. The van der Waals surface area contributed by atoms with E-state index in [9.17, 15) is 4.39 Å². The maximum absolute atomic E-state index is 13.8. The molecule has 1 aromatic carbocycles. The van der Waals surface area contributed by atoms with Gasteiger partial charge in [-0.1, -0.05) is 12.1 Å². The van der Waals surface area contributed by atoms with Gasteiger partial charge in [-0.2, -0.15) is 0 Å². The summed E-state index contributed by atoms with van der Waals surface area (Å²) in [5, 5.41) is 4.59. The highest BCUT2D eigenvalue weighted by Gasteiger charge is 2.22. The first-order valence-electron chi connectivity index (χ1n) is 6.30. The summed E-state index contributed by atoms with van der Waals surface area (Å²) in [6.07, 6.45) is 2.93. The van der Waals surface area contributed by atoms with Gasteiger partial charge in [-0.3, -0.25) is 0 Å². The fraction of sp³-hybridized carbons (Fsp3) is 0.357. The van der Waals surface area contributed by atoms with Crippen LogP contribution in [-0.4, -0.2) is 10.7 Å². The van der Waals surface area contributed by atoms with Gasteiger partial charge in [-0.25, -0.2) is 9.37 Å². The minimum Gasteiger partial charge on any atom is -0.303 e. The maximum Gasteiger partial charge on any atom is 0.137 e. The number of aromatic nitrogens is 1. The van der Waals surface area contributed by atoms with Crippen molar-refractivity contribution in [3.63, 3.8) is 0 Å². The molecular weight excluding hydrogens is 279 g/mol. The average molecular weight is 294 g/mol. The summed E-state index contributed by atoms with van der Waals surface area (Å²) in [5.41, 5.74) is 1.09. The molecule has 0 saturated heterocycles. The van der Waals surface area contributed by atoms with Gasteiger partial charge in [-0.15, -0.1) is 23.1 Å². The molecule has 1 aliphatic rings. The molecule has 0 spiro atoms. The number of benzene rings is 1. The Labute approximate surface area is 120 Å². The second-order valence-electron chi connectivity index (χ2n) is 4.59. The van der Waals surface area contributed by atoms with E-state index in [4.69, 9.17) is 0 Å². The molecule has 0 aliphatic carbocycles. The third kappa shape index (κ3) is 2.83. The zero-order valence-electron chi connectivity index (χ0n) is 10.6. The van der Waals surface area contributed by atoms with Gasteiger partial charge >= 0.3 is 0 Å². The molecule has 0 amide bonds. The van der Waals surface area contributed by atoms with Crippen LogP contribution in [0.15, 0.2) is 29.3 Å². The lowest BCUT2D eigenvalue weighted by Gasteiger charge is -2.26. The molecule has 0 fully saturated rings. The molecule has 1 N–H and O–H groups in total. The van der Waals surface area contributed by atoms with Crippen LogP contribution in [0.4, 0.5) is 4.39 Å². The summed E-state index contributed by atoms with van der Waals surface area (Å²) in [7, 11) is 0. The van der Waals surface area contributed by atoms with E-state index in [1.165, 1.54) is 4.88 Å². The Morgan fingerprint density at radius 3 is 3.16 bits per heavy atom. The summed E-state index contributed by atoms with van der Waals surface area (Å²) in [6, 6.07) is 5.59. The maximum atomic E-state index is 13.8. The molecule has 5 heteroatoms.